The number of rotatable bonds is 8. The van der Waals surface area contributed by atoms with Gasteiger partial charge in [-0.3, -0.25) is 14.9 Å². The third kappa shape index (κ3) is 4.38. The van der Waals surface area contributed by atoms with E-state index in [-0.39, 0.29) is 23.8 Å². The number of anilines is 1. The number of nitrogens with zero attached hydrogens (tertiary/aromatic N) is 2. The number of aromatic nitrogens is 1. The molecule has 1 atom stereocenters. The number of carboxylic acids is 1. The highest BCUT2D eigenvalue weighted by Gasteiger charge is 2.21. The van der Waals surface area contributed by atoms with Crippen molar-refractivity contribution < 1.29 is 19.6 Å². The molecule has 0 radical (unpaired) electrons. The van der Waals surface area contributed by atoms with Gasteiger partial charge in [-0.05, 0) is 6.42 Å². The predicted octanol–water partition coefficient (Wildman–Crippen LogP) is 2.05. The predicted molar refractivity (Wildman–Crippen MR) is 72.0 cm³/mol. The second kappa shape index (κ2) is 7.27. The Morgan fingerprint density at radius 2 is 2.30 bits per heavy atom. The van der Waals surface area contributed by atoms with Crippen LogP contribution in [0.5, 0.6) is 5.88 Å². The van der Waals surface area contributed by atoms with Crippen LogP contribution in [-0.4, -0.2) is 34.1 Å². The largest absolute Gasteiger partial charge is 0.481 e. The zero-order chi connectivity index (χ0) is 15.1. The van der Waals surface area contributed by atoms with Gasteiger partial charge in [-0.2, -0.15) is 4.98 Å². The van der Waals surface area contributed by atoms with Crippen LogP contribution in [0.4, 0.5) is 11.5 Å². The molecule has 0 saturated carbocycles. The molecule has 1 aromatic rings. The Labute approximate surface area is 115 Å². The van der Waals surface area contributed by atoms with E-state index in [2.05, 4.69) is 10.3 Å². The number of pyridine rings is 1. The molecule has 0 aliphatic heterocycles. The van der Waals surface area contributed by atoms with E-state index in [0.717, 1.165) is 6.42 Å². The van der Waals surface area contributed by atoms with Gasteiger partial charge in [0.05, 0.1) is 18.5 Å². The van der Waals surface area contributed by atoms with Crippen molar-refractivity contribution in [1.82, 2.24) is 4.98 Å². The van der Waals surface area contributed by atoms with Crippen LogP contribution in [0.25, 0.3) is 0 Å². The Morgan fingerprint density at radius 1 is 1.60 bits per heavy atom. The first-order valence-electron chi connectivity index (χ1n) is 6.15. The van der Waals surface area contributed by atoms with Gasteiger partial charge in [0.2, 0.25) is 11.7 Å². The van der Waals surface area contributed by atoms with E-state index in [9.17, 15) is 14.9 Å². The van der Waals surface area contributed by atoms with Crippen molar-refractivity contribution in [3.63, 3.8) is 0 Å². The van der Waals surface area contributed by atoms with Crippen molar-refractivity contribution in [2.45, 2.75) is 32.2 Å². The number of aliphatic carboxylic acids is 1. The van der Waals surface area contributed by atoms with Crippen molar-refractivity contribution in [2.24, 2.45) is 0 Å². The summed E-state index contributed by atoms with van der Waals surface area (Å²) in [6, 6.07) is 2.24. The van der Waals surface area contributed by atoms with Crippen LogP contribution >= 0.6 is 0 Å². The summed E-state index contributed by atoms with van der Waals surface area (Å²) in [4.78, 5) is 25.2. The number of methoxy groups -OCH3 is 1. The molecule has 0 fully saturated rings. The smallest absolute Gasteiger partial charge is 0.311 e. The summed E-state index contributed by atoms with van der Waals surface area (Å²) in [6.45, 7) is 1.91. The molecule has 1 heterocycles. The monoisotopic (exact) mass is 283 g/mol. The first-order chi connectivity index (χ1) is 9.47. The van der Waals surface area contributed by atoms with Gasteiger partial charge in [0, 0.05) is 18.2 Å². The number of carboxylic acid groups (broad SMARTS) is 1. The standard InChI is InChI=1S/C12H17N3O5/c1-3-4-8(7-11(16)17)13-12-9(15(18)19)5-6-10(14-12)20-2/h5-6,8H,3-4,7H2,1-2H3,(H,13,14)(H,16,17). The maximum atomic E-state index is 11.0. The summed E-state index contributed by atoms with van der Waals surface area (Å²) in [7, 11) is 1.40. The van der Waals surface area contributed by atoms with E-state index < -0.39 is 16.9 Å². The fourth-order valence-corrected chi connectivity index (χ4v) is 1.78. The molecule has 1 unspecified atom stereocenters. The van der Waals surface area contributed by atoms with E-state index in [1.54, 1.807) is 0 Å². The molecule has 0 aliphatic rings. The van der Waals surface area contributed by atoms with E-state index in [0.29, 0.717) is 6.42 Å². The maximum Gasteiger partial charge on any atom is 0.311 e. The molecule has 0 saturated heterocycles. The van der Waals surface area contributed by atoms with Crippen LogP contribution in [0.15, 0.2) is 12.1 Å². The summed E-state index contributed by atoms with van der Waals surface area (Å²) in [5.74, 6) is -0.723. The van der Waals surface area contributed by atoms with Crippen LogP contribution in [0.2, 0.25) is 0 Å². The number of nitrogens with one attached hydrogen (secondary N) is 1. The van der Waals surface area contributed by atoms with E-state index >= 15 is 0 Å². The van der Waals surface area contributed by atoms with Crippen molar-refractivity contribution in [3.8, 4) is 5.88 Å². The maximum absolute atomic E-state index is 11.0. The second-order valence-electron chi connectivity index (χ2n) is 4.21. The topological polar surface area (TPSA) is 115 Å². The minimum atomic E-state index is -0.971. The lowest BCUT2D eigenvalue weighted by Crippen LogP contribution is -2.24. The van der Waals surface area contributed by atoms with Gasteiger partial charge in [0.1, 0.15) is 0 Å². The minimum Gasteiger partial charge on any atom is -0.481 e. The number of ether oxygens (including phenoxy) is 1. The number of carbonyl (C=O) groups is 1. The molecule has 0 amide bonds. The Bertz CT molecular complexity index is 492. The Balaban J connectivity index is 3.01. The Kier molecular flexibility index (Phi) is 5.70. The van der Waals surface area contributed by atoms with E-state index in [1.807, 2.05) is 6.92 Å². The van der Waals surface area contributed by atoms with Crippen molar-refractivity contribution in [3.05, 3.63) is 22.2 Å². The summed E-state index contributed by atoms with van der Waals surface area (Å²) in [6.07, 6.45) is 1.19. The van der Waals surface area contributed by atoms with Gasteiger partial charge in [-0.15, -0.1) is 0 Å². The van der Waals surface area contributed by atoms with Crippen molar-refractivity contribution >= 4 is 17.5 Å². The molecule has 110 valence electrons. The van der Waals surface area contributed by atoms with E-state index in [4.69, 9.17) is 9.84 Å². The summed E-state index contributed by atoms with van der Waals surface area (Å²) in [5, 5.41) is 22.6. The number of hydrogen-bond donors (Lipinski definition) is 2. The van der Waals surface area contributed by atoms with Gasteiger partial charge in [0.25, 0.3) is 0 Å². The van der Waals surface area contributed by atoms with Crippen molar-refractivity contribution in [1.29, 1.82) is 0 Å². The third-order valence-corrected chi connectivity index (χ3v) is 2.65. The molecule has 1 rings (SSSR count). The molecule has 2 N–H and O–H groups in total. The summed E-state index contributed by atoms with van der Waals surface area (Å²) >= 11 is 0. The van der Waals surface area contributed by atoms with Gasteiger partial charge < -0.3 is 15.2 Å². The molecule has 8 nitrogen and oxygen atoms in total. The van der Waals surface area contributed by atoms with Gasteiger partial charge in [0.15, 0.2) is 0 Å². The lowest BCUT2D eigenvalue weighted by Gasteiger charge is -2.16. The molecular formula is C12H17N3O5. The SMILES string of the molecule is CCCC(CC(=O)O)Nc1nc(OC)ccc1[N+](=O)[O-]. The summed E-state index contributed by atoms with van der Waals surface area (Å²) in [5.41, 5.74) is -0.211. The highest BCUT2D eigenvalue weighted by molar-refractivity contribution is 5.68. The molecular weight excluding hydrogens is 266 g/mol. The zero-order valence-corrected chi connectivity index (χ0v) is 11.3. The van der Waals surface area contributed by atoms with Crippen LogP contribution in [0.1, 0.15) is 26.2 Å². The molecule has 20 heavy (non-hydrogen) atoms. The average Bonchev–Trinajstić information content (AvgIpc) is 2.37. The zero-order valence-electron chi connectivity index (χ0n) is 11.3. The first kappa shape index (κ1) is 15.7. The fourth-order valence-electron chi connectivity index (χ4n) is 1.78. The Hall–Kier alpha value is -2.38. The van der Waals surface area contributed by atoms with Gasteiger partial charge >= 0.3 is 11.7 Å². The van der Waals surface area contributed by atoms with Gasteiger partial charge in [-0.25, -0.2) is 0 Å². The van der Waals surface area contributed by atoms with Crippen LogP contribution < -0.4 is 10.1 Å². The molecule has 0 bridgehead atoms. The quantitative estimate of drug-likeness (QED) is 0.554. The highest BCUT2D eigenvalue weighted by Crippen LogP contribution is 2.26. The highest BCUT2D eigenvalue weighted by atomic mass is 16.6. The fraction of sp³-hybridized carbons (Fsp3) is 0.500. The van der Waals surface area contributed by atoms with E-state index in [1.165, 1.54) is 19.2 Å². The number of hydrogen-bond acceptors (Lipinski definition) is 6. The average molecular weight is 283 g/mol. The molecule has 0 aromatic carbocycles. The first-order valence-corrected chi connectivity index (χ1v) is 6.15. The Morgan fingerprint density at radius 3 is 2.80 bits per heavy atom. The van der Waals surface area contributed by atoms with Crippen molar-refractivity contribution in [2.75, 3.05) is 12.4 Å². The van der Waals surface area contributed by atoms with Crippen LogP contribution in [0.3, 0.4) is 0 Å². The molecule has 0 spiro atoms. The van der Waals surface area contributed by atoms with Crippen LogP contribution in [0, 0.1) is 10.1 Å². The molecule has 1 aromatic heterocycles. The second-order valence-corrected chi connectivity index (χ2v) is 4.21. The molecule has 0 aliphatic carbocycles. The van der Waals surface area contributed by atoms with Gasteiger partial charge in [-0.1, -0.05) is 13.3 Å². The lowest BCUT2D eigenvalue weighted by molar-refractivity contribution is -0.384. The summed E-state index contributed by atoms with van der Waals surface area (Å²) < 4.78 is 4.92. The van der Waals surface area contributed by atoms with Crippen LogP contribution in [-0.2, 0) is 4.79 Å². The minimum absolute atomic E-state index is 0.0223. The third-order valence-electron chi connectivity index (χ3n) is 2.65. The lowest BCUT2D eigenvalue weighted by atomic mass is 10.1. The normalized spacial score (nSPS) is 11.7. The molecule has 8 heteroatoms. The number of nitro groups is 1.